The fourth-order valence-electron chi connectivity index (χ4n) is 3.43. The number of non-ortho nitro benzene ring substituents is 2. The Balaban J connectivity index is 1.42. The summed E-state index contributed by atoms with van der Waals surface area (Å²) in [4.78, 5) is 45.5. The Hall–Kier alpha value is -5.17. The number of nitro benzene ring substituents is 2. The van der Waals surface area contributed by atoms with Gasteiger partial charge in [0.15, 0.2) is 10.9 Å². The van der Waals surface area contributed by atoms with Crippen molar-refractivity contribution in [3.8, 4) is 0 Å². The first-order valence-corrected chi connectivity index (χ1v) is 11.0. The van der Waals surface area contributed by atoms with Crippen molar-refractivity contribution in [1.29, 1.82) is 0 Å². The minimum absolute atomic E-state index is 0.141. The Morgan fingerprint density at radius 2 is 1.54 bits per heavy atom. The van der Waals surface area contributed by atoms with E-state index in [1.807, 2.05) is 18.2 Å². The molecule has 0 radical (unpaired) electrons. The highest BCUT2D eigenvalue weighted by molar-refractivity contribution is 7.80. The third kappa shape index (κ3) is 5.74. The van der Waals surface area contributed by atoms with Gasteiger partial charge in [0, 0.05) is 28.9 Å². The van der Waals surface area contributed by atoms with Crippen molar-refractivity contribution < 1.29 is 23.9 Å². The molecule has 0 bridgehead atoms. The number of hydrogen-bond acceptors (Lipinski definition) is 8. The topological polar surface area (TPSA) is 170 Å². The number of aryl methyl sites for hydroxylation is 1. The van der Waals surface area contributed by atoms with E-state index in [2.05, 4.69) is 16.0 Å². The highest BCUT2D eigenvalue weighted by atomic mass is 32.1. The molecule has 186 valence electrons. The quantitative estimate of drug-likeness (QED) is 0.181. The molecule has 0 saturated heterocycles. The molecule has 13 heteroatoms. The fourth-order valence-corrected chi connectivity index (χ4v) is 3.64. The van der Waals surface area contributed by atoms with Crippen LogP contribution in [0.15, 0.2) is 71.1 Å². The van der Waals surface area contributed by atoms with E-state index < -0.39 is 33.0 Å². The molecule has 3 N–H and O–H groups in total. The molecule has 4 aromatic rings. The molecule has 2 amide bonds. The van der Waals surface area contributed by atoms with Crippen LogP contribution in [0, 0.1) is 27.2 Å². The molecule has 0 unspecified atom stereocenters. The zero-order chi connectivity index (χ0) is 26.7. The standard InChI is InChI=1S/C24H17N5O7S/c1-13-8-16(6-7-19(13)26-23(31)21-11-14-4-2-3-5-20(14)36-21)25-24(37)27-22(30)15-9-17(28(32)33)12-18(10-15)29(34)35/h2-12H,1H3,(H,26,31)(H2,25,27,30,37). The number of rotatable bonds is 6. The van der Waals surface area contributed by atoms with E-state index in [1.54, 1.807) is 37.3 Å². The number of fused-ring (bicyclic) bond motifs is 1. The largest absolute Gasteiger partial charge is 0.451 e. The van der Waals surface area contributed by atoms with Crippen LogP contribution in [0.2, 0.25) is 0 Å². The molecule has 0 atom stereocenters. The number of furan rings is 1. The molecule has 4 rings (SSSR count). The lowest BCUT2D eigenvalue weighted by molar-refractivity contribution is -0.394. The lowest BCUT2D eigenvalue weighted by Gasteiger charge is -2.12. The summed E-state index contributed by atoms with van der Waals surface area (Å²) in [7, 11) is 0. The van der Waals surface area contributed by atoms with Gasteiger partial charge in [-0.15, -0.1) is 0 Å². The number of nitrogens with one attached hydrogen (secondary N) is 3. The number of benzene rings is 3. The summed E-state index contributed by atoms with van der Waals surface area (Å²) in [6.45, 7) is 1.75. The average Bonchev–Trinajstić information content (AvgIpc) is 3.30. The molecule has 12 nitrogen and oxygen atoms in total. The highest BCUT2D eigenvalue weighted by Crippen LogP contribution is 2.24. The maximum atomic E-state index is 12.6. The SMILES string of the molecule is Cc1cc(NC(=S)NC(=O)c2cc([N+](=O)[O-])cc([N+](=O)[O-])c2)ccc1NC(=O)c1cc2ccccc2o1. The first-order valence-electron chi connectivity index (χ1n) is 10.6. The number of carbonyl (C=O) groups is 2. The third-order valence-corrected chi connectivity index (χ3v) is 5.40. The summed E-state index contributed by atoms with van der Waals surface area (Å²) >= 11 is 5.13. The van der Waals surface area contributed by atoms with Gasteiger partial charge in [-0.3, -0.25) is 35.1 Å². The predicted molar refractivity (Wildman–Crippen MR) is 139 cm³/mol. The fraction of sp³-hybridized carbons (Fsp3) is 0.0417. The zero-order valence-corrected chi connectivity index (χ0v) is 19.8. The van der Waals surface area contributed by atoms with Crippen molar-refractivity contribution >= 4 is 62.9 Å². The minimum atomic E-state index is -0.865. The molecule has 1 aromatic heterocycles. The second kappa shape index (κ2) is 10.2. The Bertz CT molecular complexity index is 1530. The van der Waals surface area contributed by atoms with Gasteiger partial charge in [0.25, 0.3) is 23.2 Å². The second-order valence-electron chi connectivity index (χ2n) is 7.79. The Labute approximate surface area is 213 Å². The number of para-hydroxylation sites is 1. The van der Waals surface area contributed by atoms with Crippen molar-refractivity contribution in [2.24, 2.45) is 0 Å². The van der Waals surface area contributed by atoms with Crippen molar-refractivity contribution in [2.75, 3.05) is 10.6 Å². The molecular weight excluding hydrogens is 502 g/mol. The summed E-state index contributed by atoms with van der Waals surface area (Å²) < 4.78 is 5.58. The smallest absolute Gasteiger partial charge is 0.291 e. The number of carbonyl (C=O) groups excluding carboxylic acids is 2. The summed E-state index contributed by atoms with van der Waals surface area (Å²) in [6, 6.07) is 16.4. The summed E-state index contributed by atoms with van der Waals surface area (Å²) in [5, 5.41) is 30.6. The maximum absolute atomic E-state index is 12.6. The first kappa shape index (κ1) is 24.9. The van der Waals surface area contributed by atoms with Crippen LogP contribution in [0.5, 0.6) is 0 Å². The van der Waals surface area contributed by atoms with E-state index in [0.717, 1.165) is 23.6 Å². The summed E-state index contributed by atoms with van der Waals surface area (Å²) in [6.07, 6.45) is 0. The van der Waals surface area contributed by atoms with Gasteiger partial charge in [0.05, 0.1) is 21.5 Å². The normalized spacial score (nSPS) is 10.5. The molecule has 0 aliphatic carbocycles. The van der Waals surface area contributed by atoms with Gasteiger partial charge in [-0.1, -0.05) is 18.2 Å². The van der Waals surface area contributed by atoms with Crippen LogP contribution in [-0.2, 0) is 0 Å². The molecule has 1 heterocycles. The van der Waals surface area contributed by atoms with E-state index in [0.29, 0.717) is 22.5 Å². The Morgan fingerprint density at radius 1 is 0.865 bits per heavy atom. The molecule has 0 fully saturated rings. The van der Waals surface area contributed by atoms with Crippen molar-refractivity contribution in [3.05, 3.63) is 104 Å². The Morgan fingerprint density at radius 3 is 2.16 bits per heavy atom. The van der Waals surface area contributed by atoms with Crippen LogP contribution in [0.3, 0.4) is 0 Å². The molecule has 0 aliphatic rings. The van der Waals surface area contributed by atoms with Gasteiger partial charge in [0.2, 0.25) is 0 Å². The van der Waals surface area contributed by atoms with Crippen molar-refractivity contribution in [2.45, 2.75) is 6.92 Å². The number of nitro groups is 2. The minimum Gasteiger partial charge on any atom is -0.451 e. The van der Waals surface area contributed by atoms with Gasteiger partial charge < -0.3 is 15.1 Å². The maximum Gasteiger partial charge on any atom is 0.291 e. The van der Waals surface area contributed by atoms with Crippen LogP contribution in [-0.4, -0.2) is 26.8 Å². The van der Waals surface area contributed by atoms with E-state index in [4.69, 9.17) is 16.6 Å². The number of thiocarbonyl (C=S) groups is 1. The van der Waals surface area contributed by atoms with Gasteiger partial charge in [-0.2, -0.15) is 0 Å². The molecule has 0 aliphatic heterocycles. The summed E-state index contributed by atoms with van der Waals surface area (Å²) in [5.41, 5.74) is 0.773. The van der Waals surface area contributed by atoms with E-state index in [9.17, 15) is 29.8 Å². The lowest BCUT2D eigenvalue weighted by atomic mass is 10.1. The van der Waals surface area contributed by atoms with Gasteiger partial charge in [0.1, 0.15) is 5.58 Å². The van der Waals surface area contributed by atoms with Crippen LogP contribution in [0.25, 0.3) is 11.0 Å². The third-order valence-electron chi connectivity index (χ3n) is 5.20. The van der Waals surface area contributed by atoms with E-state index >= 15 is 0 Å². The van der Waals surface area contributed by atoms with Gasteiger partial charge in [-0.05, 0) is 55.0 Å². The van der Waals surface area contributed by atoms with Crippen LogP contribution in [0.4, 0.5) is 22.7 Å². The highest BCUT2D eigenvalue weighted by Gasteiger charge is 2.20. The van der Waals surface area contributed by atoms with E-state index in [1.165, 1.54) is 0 Å². The second-order valence-corrected chi connectivity index (χ2v) is 8.20. The molecular formula is C24H17N5O7S. The molecule has 37 heavy (non-hydrogen) atoms. The number of hydrogen-bond donors (Lipinski definition) is 3. The molecule has 3 aromatic carbocycles. The predicted octanol–water partition coefficient (Wildman–Crippen LogP) is 4.94. The average molecular weight is 519 g/mol. The molecule has 0 saturated carbocycles. The lowest BCUT2D eigenvalue weighted by Crippen LogP contribution is -2.34. The van der Waals surface area contributed by atoms with Crippen LogP contribution in [0.1, 0.15) is 26.5 Å². The van der Waals surface area contributed by atoms with Crippen LogP contribution >= 0.6 is 12.2 Å². The van der Waals surface area contributed by atoms with Crippen LogP contribution < -0.4 is 16.0 Å². The number of nitrogens with zero attached hydrogens (tertiary/aromatic N) is 2. The van der Waals surface area contributed by atoms with Crippen molar-refractivity contribution in [3.63, 3.8) is 0 Å². The van der Waals surface area contributed by atoms with Crippen molar-refractivity contribution in [1.82, 2.24) is 5.32 Å². The first-order chi connectivity index (χ1) is 17.6. The number of anilines is 2. The number of amides is 2. The zero-order valence-electron chi connectivity index (χ0n) is 19.0. The molecule has 0 spiro atoms. The summed E-state index contributed by atoms with van der Waals surface area (Å²) in [5.74, 6) is -1.13. The van der Waals surface area contributed by atoms with E-state index in [-0.39, 0.29) is 16.4 Å². The van der Waals surface area contributed by atoms with Gasteiger partial charge in [-0.25, -0.2) is 0 Å². The monoisotopic (exact) mass is 519 g/mol. The Kier molecular flexibility index (Phi) is 6.88. The van der Waals surface area contributed by atoms with Gasteiger partial charge >= 0.3 is 0 Å².